The molecule has 0 saturated carbocycles. The largest absolute Gasteiger partial charge is 0.503 e. The maximum absolute atomic E-state index is 13.5. The van der Waals surface area contributed by atoms with Crippen LogP contribution in [0.25, 0.3) is 11.0 Å². The zero-order valence-corrected chi connectivity index (χ0v) is 16.5. The Kier molecular flexibility index (Phi) is 3.88. The molecular formula is C24H15NO7. The third kappa shape index (κ3) is 2.63. The first kappa shape index (κ1) is 18.3. The summed E-state index contributed by atoms with van der Waals surface area (Å²) in [5, 5.41) is 11.5. The van der Waals surface area contributed by atoms with Gasteiger partial charge >= 0.3 is 0 Å². The van der Waals surface area contributed by atoms with Crippen LogP contribution in [0, 0.1) is 0 Å². The molecule has 0 saturated heterocycles. The molecule has 4 heterocycles. The molecule has 1 atom stereocenters. The second-order valence-corrected chi connectivity index (χ2v) is 7.37. The van der Waals surface area contributed by atoms with Gasteiger partial charge in [-0.2, -0.15) is 0 Å². The Balaban J connectivity index is 1.48. The highest BCUT2D eigenvalue weighted by Crippen LogP contribution is 2.45. The number of Topliss-reactive ketones (excluding diaryl/α,β-unsaturated/α-hetero) is 1. The number of carbonyl (C=O) groups is 2. The van der Waals surface area contributed by atoms with E-state index in [-0.39, 0.29) is 18.1 Å². The van der Waals surface area contributed by atoms with E-state index in [4.69, 9.17) is 18.3 Å². The molecule has 0 radical (unpaired) electrons. The summed E-state index contributed by atoms with van der Waals surface area (Å²) in [5.41, 5.74) is 0.823. The van der Waals surface area contributed by atoms with E-state index in [1.807, 2.05) is 12.1 Å². The molecule has 1 amide bonds. The van der Waals surface area contributed by atoms with E-state index in [1.54, 1.807) is 48.5 Å². The molecule has 4 aromatic rings. The summed E-state index contributed by atoms with van der Waals surface area (Å²) in [6.45, 7) is 0.0770. The molecular weight excluding hydrogens is 414 g/mol. The Bertz CT molecular complexity index is 1380. The van der Waals surface area contributed by atoms with Crippen molar-refractivity contribution >= 4 is 28.3 Å². The van der Waals surface area contributed by atoms with Gasteiger partial charge in [-0.05, 0) is 36.4 Å². The van der Waals surface area contributed by atoms with Crippen molar-refractivity contribution in [2.75, 3.05) is 11.7 Å². The van der Waals surface area contributed by atoms with E-state index in [2.05, 4.69) is 0 Å². The lowest BCUT2D eigenvalue weighted by Gasteiger charge is -2.24. The van der Waals surface area contributed by atoms with Crippen molar-refractivity contribution in [3.05, 3.63) is 89.8 Å². The minimum absolute atomic E-state index is 0.0182. The Morgan fingerprint density at radius 1 is 1.00 bits per heavy atom. The van der Waals surface area contributed by atoms with E-state index in [9.17, 15) is 14.7 Å². The number of furan rings is 2. The number of benzene rings is 2. The minimum Gasteiger partial charge on any atom is -0.503 e. The molecule has 0 aliphatic carbocycles. The number of rotatable bonds is 4. The normalized spacial score (nSPS) is 17.6. The number of ether oxygens (including phenoxy) is 2. The highest BCUT2D eigenvalue weighted by Gasteiger charge is 2.47. The van der Waals surface area contributed by atoms with Gasteiger partial charge < -0.3 is 23.4 Å². The van der Waals surface area contributed by atoms with Crippen molar-refractivity contribution < 1.29 is 33.0 Å². The molecule has 1 N–H and O–H groups in total. The lowest BCUT2D eigenvalue weighted by molar-refractivity contribution is -0.117. The van der Waals surface area contributed by atoms with E-state index in [0.717, 1.165) is 5.39 Å². The van der Waals surface area contributed by atoms with Crippen LogP contribution in [0.15, 0.2) is 87.1 Å². The van der Waals surface area contributed by atoms with Gasteiger partial charge in [0.05, 0.1) is 11.8 Å². The van der Waals surface area contributed by atoms with E-state index >= 15 is 0 Å². The zero-order valence-electron chi connectivity index (χ0n) is 16.5. The number of aliphatic hydroxyl groups is 1. The second kappa shape index (κ2) is 6.78. The summed E-state index contributed by atoms with van der Waals surface area (Å²) in [6.07, 6.45) is 1.44. The first-order chi connectivity index (χ1) is 15.6. The Morgan fingerprint density at radius 2 is 1.84 bits per heavy atom. The highest BCUT2D eigenvalue weighted by molar-refractivity contribution is 6.20. The van der Waals surface area contributed by atoms with Crippen molar-refractivity contribution in [3.8, 4) is 11.5 Å². The molecule has 158 valence electrons. The third-order valence-corrected chi connectivity index (χ3v) is 5.55. The van der Waals surface area contributed by atoms with Crippen LogP contribution in [0.1, 0.15) is 22.4 Å². The molecule has 2 aromatic carbocycles. The summed E-state index contributed by atoms with van der Waals surface area (Å²) >= 11 is 0. The summed E-state index contributed by atoms with van der Waals surface area (Å²) in [6, 6.07) is 16.0. The molecule has 0 fully saturated rings. The van der Waals surface area contributed by atoms with Gasteiger partial charge in [0.15, 0.2) is 23.0 Å². The Hall–Kier alpha value is -4.46. The second-order valence-electron chi connectivity index (χ2n) is 7.37. The summed E-state index contributed by atoms with van der Waals surface area (Å²) < 4.78 is 22.0. The first-order valence-electron chi connectivity index (χ1n) is 9.85. The molecule has 32 heavy (non-hydrogen) atoms. The minimum atomic E-state index is -0.987. The van der Waals surface area contributed by atoms with Gasteiger partial charge in [-0.15, -0.1) is 0 Å². The zero-order chi connectivity index (χ0) is 21.8. The summed E-state index contributed by atoms with van der Waals surface area (Å²) in [7, 11) is 0. The number of para-hydroxylation sites is 1. The van der Waals surface area contributed by atoms with E-state index in [0.29, 0.717) is 28.5 Å². The van der Waals surface area contributed by atoms with Crippen LogP contribution in [0.3, 0.4) is 0 Å². The Morgan fingerprint density at radius 3 is 2.66 bits per heavy atom. The number of ketones is 1. The predicted molar refractivity (Wildman–Crippen MR) is 112 cm³/mol. The van der Waals surface area contributed by atoms with Crippen molar-refractivity contribution in [3.63, 3.8) is 0 Å². The lowest BCUT2D eigenvalue weighted by Crippen LogP contribution is -2.30. The van der Waals surface area contributed by atoms with Crippen LogP contribution in [0.2, 0.25) is 0 Å². The summed E-state index contributed by atoms with van der Waals surface area (Å²) in [5.74, 6) is -0.643. The van der Waals surface area contributed by atoms with Crippen molar-refractivity contribution in [2.24, 2.45) is 0 Å². The molecule has 8 nitrogen and oxygen atoms in total. The number of anilines is 1. The topological polar surface area (TPSA) is 102 Å². The molecule has 6 rings (SSSR count). The standard InChI is InChI=1S/C24H15NO7/c26-22(19-10-13-4-1-2-5-15(13)32-19)20-21(17-6-3-9-29-17)25(24(28)23(20)27)14-7-8-16-18(11-14)31-12-30-16/h1-11,21,27H,12H2. The van der Waals surface area contributed by atoms with Gasteiger partial charge in [0.2, 0.25) is 12.6 Å². The number of hydrogen-bond acceptors (Lipinski definition) is 7. The highest BCUT2D eigenvalue weighted by atomic mass is 16.7. The van der Waals surface area contributed by atoms with Gasteiger partial charge in [-0.25, -0.2) is 0 Å². The third-order valence-electron chi connectivity index (χ3n) is 5.55. The van der Waals surface area contributed by atoms with E-state index in [1.165, 1.54) is 11.2 Å². The maximum atomic E-state index is 13.5. The maximum Gasteiger partial charge on any atom is 0.294 e. The van der Waals surface area contributed by atoms with Crippen LogP contribution < -0.4 is 14.4 Å². The fraction of sp³-hybridized carbons (Fsp3) is 0.0833. The molecule has 2 aliphatic rings. The number of carbonyl (C=O) groups excluding carboxylic acids is 2. The average Bonchev–Trinajstić information content (AvgIpc) is 3.59. The lowest BCUT2D eigenvalue weighted by atomic mass is 9.99. The molecule has 0 bridgehead atoms. The average molecular weight is 429 g/mol. The molecule has 0 spiro atoms. The first-order valence-corrected chi connectivity index (χ1v) is 9.85. The SMILES string of the molecule is O=C(C1=C(O)C(=O)N(c2ccc3c(c2)OCO3)C1c1ccco1)c1cc2ccccc2o1. The van der Waals surface area contributed by atoms with E-state index < -0.39 is 23.5 Å². The number of hydrogen-bond donors (Lipinski definition) is 1. The quantitative estimate of drug-likeness (QED) is 0.475. The Labute approximate surface area is 180 Å². The van der Waals surface area contributed by atoms with Crippen LogP contribution in [0.5, 0.6) is 11.5 Å². The molecule has 2 aliphatic heterocycles. The van der Waals surface area contributed by atoms with Gasteiger partial charge in [0.1, 0.15) is 17.4 Å². The smallest absolute Gasteiger partial charge is 0.294 e. The summed E-state index contributed by atoms with van der Waals surface area (Å²) in [4.78, 5) is 27.9. The molecule has 2 aromatic heterocycles. The number of fused-ring (bicyclic) bond motifs is 2. The van der Waals surface area contributed by atoms with Crippen molar-refractivity contribution in [1.82, 2.24) is 0 Å². The van der Waals surface area contributed by atoms with Crippen molar-refractivity contribution in [2.45, 2.75) is 6.04 Å². The van der Waals surface area contributed by atoms with Crippen molar-refractivity contribution in [1.29, 1.82) is 0 Å². The predicted octanol–water partition coefficient (Wildman–Crippen LogP) is 4.54. The monoisotopic (exact) mass is 429 g/mol. The number of nitrogens with zero attached hydrogens (tertiary/aromatic N) is 1. The van der Waals surface area contributed by atoms with Gasteiger partial charge in [0, 0.05) is 17.1 Å². The van der Waals surface area contributed by atoms with Gasteiger partial charge in [0.25, 0.3) is 5.91 Å². The molecule has 8 heteroatoms. The number of amides is 1. The fourth-order valence-electron chi connectivity index (χ4n) is 4.08. The van der Waals surface area contributed by atoms with Crippen LogP contribution in [-0.4, -0.2) is 23.6 Å². The van der Waals surface area contributed by atoms with Gasteiger partial charge in [-0.1, -0.05) is 18.2 Å². The fourth-order valence-corrected chi connectivity index (χ4v) is 4.08. The molecule has 1 unspecified atom stereocenters. The van der Waals surface area contributed by atoms with Crippen LogP contribution in [0.4, 0.5) is 5.69 Å². The van der Waals surface area contributed by atoms with Crippen LogP contribution in [-0.2, 0) is 4.79 Å². The van der Waals surface area contributed by atoms with Gasteiger partial charge in [-0.3, -0.25) is 14.5 Å². The number of aliphatic hydroxyl groups excluding tert-OH is 1. The van der Waals surface area contributed by atoms with Crippen LogP contribution >= 0.6 is 0 Å².